The Labute approximate surface area is 152 Å². The Hall–Kier alpha value is -2.48. The van der Waals surface area contributed by atoms with E-state index in [1.165, 1.54) is 11.8 Å². The second-order valence-corrected chi connectivity index (χ2v) is 6.66. The maximum Gasteiger partial charge on any atom is 0.251 e. The van der Waals surface area contributed by atoms with Gasteiger partial charge in [0.15, 0.2) is 0 Å². The number of rotatable bonds is 4. The van der Waals surface area contributed by atoms with Crippen LogP contribution >= 0.6 is 11.8 Å². The van der Waals surface area contributed by atoms with E-state index in [1.54, 1.807) is 23.1 Å². The van der Waals surface area contributed by atoms with Crippen LogP contribution in [0.25, 0.3) is 0 Å². The molecule has 0 bridgehead atoms. The molecule has 0 saturated carbocycles. The summed E-state index contributed by atoms with van der Waals surface area (Å²) in [5, 5.41) is 2.42. The number of hydrogen-bond donors (Lipinski definition) is 1. The molecule has 4 nitrogen and oxygen atoms in total. The molecule has 26 heavy (non-hydrogen) atoms. The summed E-state index contributed by atoms with van der Waals surface area (Å²) in [6.45, 7) is 1.90. The molecule has 8 heteroatoms. The molecule has 3 rings (SSSR count). The zero-order valence-corrected chi connectivity index (χ0v) is 14.6. The largest absolute Gasteiger partial charge is 0.348 e. The summed E-state index contributed by atoms with van der Waals surface area (Å²) in [5.74, 6) is -3.39. The number of carbonyl (C=O) groups is 2. The van der Waals surface area contributed by atoms with Crippen LogP contribution < -0.4 is 10.2 Å². The molecule has 0 saturated heterocycles. The maximum atomic E-state index is 13.7. The molecule has 0 radical (unpaired) electrons. The summed E-state index contributed by atoms with van der Waals surface area (Å²) in [4.78, 5) is 26.8. The molecule has 0 spiro atoms. The summed E-state index contributed by atoms with van der Waals surface area (Å²) >= 11 is 1.39. The van der Waals surface area contributed by atoms with E-state index in [0.29, 0.717) is 30.1 Å². The smallest absolute Gasteiger partial charge is 0.251 e. The van der Waals surface area contributed by atoms with Crippen LogP contribution in [0.2, 0.25) is 0 Å². The molecule has 2 amide bonds. The highest BCUT2D eigenvalue weighted by molar-refractivity contribution is 8.00. The molecular formula is C18H15F3N2O2S. The van der Waals surface area contributed by atoms with Gasteiger partial charge in [0.1, 0.15) is 17.5 Å². The number of thioether (sulfide) groups is 1. The van der Waals surface area contributed by atoms with Crippen molar-refractivity contribution in [1.82, 2.24) is 5.32 Å². The fourth-order valence-corrected chi connectivity index (χ4v) is 3.62. The molecule has 2 aromatic carbocycles. The second-order valence-electron chi connectivity index (χ2n) is 5.64. The highest BCUT2D eigenvalue weighted by Gasteiger charge is 2.24. The molecule has 0 aliphatic carbocycles. The average molecular weight is 380 g/mol. The summed E-state index contributed by atoms with van der Waals surface area (Å²) in [5.41, 5.74) is 0.486. The number of anilines is 1. The molecule has 1 heterocycles. The van der Waals surface area contributed by atoms with Crippen molar-refractivity contribution >= 4 is 29.3 Å². The van der Waals surface area contributed by atoms with E-state index in [1.807, 2.05) is 6.92 Å². The van der Waals surface area contributed by atoms with Crippen molar-refractivity contribution < 1.29 is 22.8 Å². The van der Waals surface area contributed by atoms with Crippen LogP contribution in [0.4, 0.5) is 18.9 Å². The highest BCUT2D eigenvalue weighted by Crippen LogP contribution is 2.35. The molecule has 1 aliphatic heterocycles. The van der Waals surface area contributed by atoms with Crippen LogP contribution in [0.15, 0.2) is 35.2 Å². The van der Waals surface area contributed by atoms with E-state index in [0.717, 1.165) is 4.90 Å². The van der Waals surface area contributed by atoms with Crippen molar-refractivity contribution in [3.8, 4) is 0 Å². The number of carbonyl (C=O) groups excluding carboxylic acids is 2. The Balaban J connectivity index is 1.79. The van der Waals surface area contributed by atoms with Crippen molar-refractivity contribution in [2.24, 2.45) is 0 Å². The molecule has 0 unspecified atom stereocenters. The molecule has 1 aliphatic rings. The lowest BCUT2D eigenvalue weighted by atomic mass is 10.1. The Morgan fingerprint density at radius 1 is 1.19 bits per heavy atom. The van der Waals surface area contributed by atoms with Gasteiger partial charge in [-0.3, -0.25) is 9.59 Å². The van der Waals surface area contributed by atoms with Crippen LogP contribution in [0.5, 0.6) is 0 Å². The van der Waals surface area contributed by atoms with E-state index in [2.05, 4.69) is 5.32 Å². The summed E-state index contributed by atoms with van der Waals surface area (Å²) in [6.07, 6.45) is 0. The van der Waals surface area contributed by atoms with Gasteiger partial charge in [0.2, 0.25) is 5.91 Å². The monoisotopic (exact) mass is 380 g/mol. The first kappa shape index (κ1) is 18.3. The normalized spacial score (nSPS) is 13.5. The predicted octanol–water partition coefficient (Wildman–Crippen LogP) is 3.49. The molecule has 136 valence electrons. The number of halogens is 3. The van der Waals surface area contributed by atoms with Gasteiger partial charge in [0, 0.05) is 41.2 Å². The molecule has 0 aromatic heterocycles. The van der Waals surface area contributed by atoms with E-state index in [-0.39, 0.29) is 11.5 Å². The zero-order chi connectivity index (χ0) is 18.8. The van der Waals surface area contributed by atoms with Gasteiger partial charge in [-0.25, -0.2) is 13.2 Å². The minimum atomic E-state index is -1.06. The highest BCUT2D eigenvalue weighted by atomic mass is 32.2. The van der Waals surface area contributed by atoms with Crippen molar-refractivity contribution in [3.63, 3.8) is 0 Å². The third-order valence-electron chi connectivity index (χ3n) is 4.01. The first-order valence-electron chi connectivity index (χ1n) is 7.89. The topological polar surface area (TPSA) is 49.4 Å². The van der Waals surface area contributed by atoms with Gasteiger partial charge >= 0.3 is 0 Å². The number of benzene rings is 2. The fraction of sp³-hybridized carbons (Fsp3) is 0.222. The average Bonchev–Trinajstić information content (AvgIpc) is 2.60. The number of amides is 2. The lowest BCUT2D eigenvalue weighted by Gasteiger charge is -2.28. The first-order chi connectivity index (χ1) is 12.4. The zero-order valence-electron chi connectivity index (χ0n) is 13.8. The Morgan fingerprint density at radius 2 is 1.88 bits per heavy atom. The van der Waals surface area contributed by atoms with Gasteiger partial charge in [-0.05, 0) is 25.1 Å². The molecule has 0 atom stereocenters. The van der Waals surface area contributed by atoms with Gasteiger partial charge in [-0.1, -0.05) is 0 Å². The van der Waals surface area contributed by atoms with E-state index >= 15 is 0 Å². The Kier molecular flexibility index (Phi) is 5.22. The van der Waals surface area contributed by atoms with Crippen molar-refractivity contribution in [3.05, 3.63) is 58.9 Å². The standard InChI is InChI=1S/C18H15F3N2O2S/c1-2-23-15-5-10(3-4-16(15)26-9-17(23)24)18(25)22-8-12-13(20)6-11(19)7-14(12)21/h3-7H,2,8-9H2,1H3,(H,22,25). The van der Waals surface area contributed by atoms with E-state index < -0.39 is 35.5 Å². The lowest BCUT2D eigenvalue weighted by molar-refractivity contribution is -0.116. The van der Waals surface area contributed by atoms with Crippen molar-refractivity contribution in [1.29, 1.82) is 0 Å². The predicted molar refractivity (Wildman–Crippen MR) is 92.7 cm³/mol. The number of nitrogens with zero attached hydrogens (tertiary/aromatic N) is 1. The van der Waals surface area contributed by atoms with Crippen LogP contribution in [-0.2, 0) is 11.3 Å². The fourth-order valence-electron chi connectivity index (χ4n) is 2.70. The maximum absolute atomic E-state index is 13.7. The minimum absolute atomic E-state index is 0.0435. The second kappa shape index (κ2) is 7.41. The van der Waals surface area contributed by atoms with Crippen LogP contribution in [0.3, 0.4) is 0 Å². The summed E-state index contributed by atoms with van der Waals surface area (Å²) in [7, 11) is 0. The van der Waals surface area contributed by atoms with Crippen LogP contribution in [0.1, 0.15) is 22.8 Å². The molecule has 2 aromatic rings. The summed E-state index contributed by atoms with van der Waals surface area (Å²) in [6, 6.07) is 6.03. The SMILES string of the molecule is CCN1C(=O)CSc2ccc(C(=O)NCc3c(F)cc(F)cc3F)cc21. The van der Waals surface area contributed by atoms with Crippen LogP contribution in [0, 0.1) is 17.5 Å². The Bertz CT molecular complexity index is 866. The quantitative estimate of drug-likeness (QED) is 0.883. The van der Waals surface area contributed by atoms with Crippen molar-refractivity contribution in [2.45, 2.75) is 18.4 Å². The van der Waals surface area contributed by atoms with Crippen LogP contribution in [-0.4, -0.2) is 24.1 Å². The molecular weight excluding hydrogens is 365 g/mol. The van der Waals surface area contributed by atoms with Crippen molar-refractivity contribution in [2.75, 3.05) is 17.2 Å². The van der Waals surface area contributed by atoms with E-state index in [4.69, 9.17) is 0 Å². The summed E-state index contributed by atoms with van der Waals surface area (Å²) < 4.78 is 40.2. The van der Waals surface area contributed by atoms with Gasteiger partial charge in [-0.15, -0.1) is 11.8 Å². The van der Waals surface area contributed by atoms with E-state index in [9.17, 15) is 22.8 Å². The number of fused-ring (bicyclic) bond motifs is 1. The minimum Gasteiger partial charge on any atom is -0.348 e. The number of nitrogens with one attached hydrogen (secondary N) is 1. The van der Waals surface area contributed by atoms with Gasteiger partial charge in [0.25, 0.3) is 5.91 Å². The lowest BCUT2D eigenvalue weighted by Crippen LogP contribution is -2.35. The first-order valence-corrected chi connectivity index (χ1v) is 8.88. The van der Waals surface area contributed by atoms with Gasteiger partial charge in [-0.2, -0.15) is 0 Å². The molecule has 0 fully saturated rings. The van der Waals surface area contributed by atoms with Gasteiger partial charge in [0.05, 0.1) is 11.4 Å². The number of hydrogen-bond acceptors (Lipinski definition) is 3. The van der Waals surface area contributed by atoms with Gasteiger partial charge < -0.3 is 10.2 Å². The Morgan fingerprint density at radius 3 is 2.54 bits per heavy atom. The third-order valence-corrected chi connectivity index (χ3v) is 5.06. The third kappa shape index (κ3) is 3.55. The molecule has 1 N–H and O–H groups in total.